The summed E-state index contributed by atoms with van der Waals surface area (Å²) in [5.74, 6) is -0.547. The van der Waals surface area contributed by atoms with Gasteiger partial charge in [-0.1, -0.05) is 27.7 Å². The van der Waals surface area contributed by atoms with Gasteiger partial charge in [0, 0.05) is 0 Å². The second kappa shape index (κ2) is 9.77. The average molecular weight is 479 g/mol. The normalized spacial score (nSPS) is 13.8. The van der Waals surface area contributed by atoms with E-state index in [1.807, 2.05) is 27.7 Å². The Bertz CT molecular complexity index is 1150. The Morgan fingerprint density at radius 3 is 2.19 bits per heavy atom. The lowest BCUT2D eigenvalue weighted by molar-refractivity contribution is -0.117. The van der Waals surface area contributed by atoms with Crippen LogP contribution in [0.2, 0.25) is 0 Å². The molecule has 0 saturated heterocycles. The fraction of sp³-hybridized carbons (Fsp3) is 0.500. The molecule has 0 radical (unpaired) electrons. The van der Waals surface area contributed by atoms with Gasteiger partial charge >= 0.3 is 0 Å². The summed E-state index contributed by atoms with van der Waals surface area (Å²) in [6.07, 6.45) is -0.114. The zero-order valence-electron chi connectivity index (χ0n) is 19.2. The molecule has 2 aromatic rings. The number of rotatable bonds is 7. The molecular weight excluding hydrogens is 448 g/mol. The third kappa shape index (κ3) is 5.79. The number of carbonyl (C=O) groups is 1. The van der Waals surface area contributed by atoms with Crippen LogP contribution in [0.4, 0.5) is 0 Å². The van der Waals surface area contributed by atoms with Crippen LogP contribution in [0.3, 0.4) is 0 Å². The van der Waals surface area contributed by atoms with E-state index in [-0.39, 0.29) is 28.3 Å². The van der Waals surface area contributed by atoms with Crippen molar-refractivity contribution in [3.63, 3.8) is 0 Å². The number of nitriles is 1. The number of benzene rings is 1. The molecule has 32 heavy (non-hydrogen) atoms. The van der Waals surface area contributed by atoms with Crippen LogP contribution in [0.15, 0.2) is 20.8 Å². The number of hydrogen-bond donors (Lipinski definition) is 3. The maximum atomic E-state index is 13.1. The van der Waals surface area contributed by atoms with Crippen molar-refractivity contribution in [2.45, 2.75) is 76.3 Å². The van der Waals surface area contributed by atoms with Crippen LogP contribution in [-0.4, -0.2) is 25.3 Å². The van der Waals surface area contributed by atoms with Gasteiger partial charge in [-0.3, -0.25) is 4.79 Å². The highest BCUT2D eigenvalue weighted by Crippen LogP contribution is 2.33. The summed E-state index contributed by atoms with van der Waals surface area (Å²) in [7, 11) is -3.67. The molecule has 1 heterocycles. The first-order valence-electron chi connectivity index (χ1n) is 10.2. The molecule has 8 nitrogen and oxygen atoms in total. The summed E-state index contributed by atoms with van der Waals surface area (Å²) >= 11 is 0.864. The molecule has 1 amide bonds. The fourth-order valence-electron chi connectivity index (χ4n) is 3.43. The van der Waals surface area contributed by atoms with E-state index < -0.39 is 28.0 Å². The Kier molecular flexibility index (Phi) is 7.96. The van der Waals surface area contributed by atoms with Crippen molar-refractivity contribution in [1.29, 1.82) is 5.26 Å². The Morgan fingerprint density at radius 1 is 1.28 bits per heavy atom. The largest absolute Gasteiger partial charge is 0.390 e. The average Bonchev–Trinajstić information content (AvgIpc) is 3.13. The Balaban J connectivity index is 2.53. The van der Waals surface area contributed by atoms with Crippen LogP contribution in [0.25, 0.3) is 0 Å². The van der Waals surface area contributed by atoms with Gasteiger partial charge in [0.2, 0.25) is 4.34 Å². The van der Waals surface area contributed by atoms with Gasteiger partial charge < -0.3 is 10.2 Å². The summed E-state index contributed by atoms with van der Waals surface area (Å²) < 4.78 is 16.7. The summed E-state index contributed by atoms with van der Waals surface area (Å²) in [5.41, 5.74) is 1.82. The number of thiazole rings is 1. The minimum absolute atomic E-state index is 0.0613. The van der Waals surface area contributed by atoms with Crippen molar-refractivity contribution in [1.82, 2.24) is 4.98 Å². The van der Waals surface area contributed by atoms with Gasteiger partial charge in [0.15, 0.2) is 9.92 Å². The molecule has 1 aromatic carbocycles. The fourth-order valence-corrected chi connectivity index (χ4v) is 5.76. The molecule has 1 aromatic heterocycles. The first-order valence-corrected chi connectivity index (χ1v) is 12.6. The number of amides is 1. The minimum Gasteiger partial charge on any atom is -0.390 e. The van der Waals surface area contributed by atoms with E-state index >= 15 is 0 Å². The van der Waals surface area contributed by atoms with E-state index in [0.717, 1.165) is 28.0 Å². The quantitative estimate of drug-likeness (QED) is 0.555. The monoisotopic (exact) mass is 478 g/mol. The molecule has 0 spiro atoms. The smallest absolute Gasteiger partial charge is 0.259 e. The maximum absolute atomic E-state index is 13.1. The van der Waals surface area contributed by atoms with Crippen molar-refractivity contribution in [2.24, 2.45) is 9.50 Å². The van der Waals surface area contributed by atoms with Gasteiger partial charge in [-0.15, -0.1) is 15.7 Å². The molecule has 1 atom stereocenters. The van der Waals surface area contributed by atoms with Crippen molar-refractivity contribution in [2.75, 3.05) is 0 Å². The number of hydrogen-bond acceptors (Lipinski definition) is 7. The molecule has 0 aliphatic carbocycles. The number of aliphatic hydroxyl groups is 2. The van der Waals surface area contributed by atoms with Crippen LogP contribution in [0, 0.1) is 11.3 Å². The highest BCUT2D eigenvalue weighted by Gasteiger charge is 2.28. The summed E-state index contributed by atoms with van der Waals surface area (Å²) in [6, 6.07) is 5.69. The van der Waals surface area contributed by atoms with Crippen LogP contribution in [-0.2, 0) is 33.3 Å². The molecule has 0 fully saturated rings. The van der Waals surface area contributed by atoms with Crippen molar-refractivity contribution in [3.05, 3.63) is 45.0 Å². The third-order valence-electron chi connectivity index (χ3n) is 4.89. The van der Waals surface area contributed by atoms with Crippen LogP contribution >= 0.6 is 11.3 Å². The predicted octanol–water partition coefficient (Wildman–Crippen LogP) is 3.45. The Hall–Kier alpha value is -2.16. The molecule has 0 aliphatic rings. The number of aliphatic hydroxyl groups excluding tert-OH is 1. The Labute approximate surface area is 193 Å². The molecule has 10 heteroatoms. The van der Waals surface area contributed by atoms with Gasteiger partial charge in [-0.2, -0.15) is 5.26 Å². The zero-order chi connectivity index (χ0) is 24.4. The maximum Gasteiger partial charge on any atom is 0.259 e. The molecule has 4 N–H and O–H groups in total. The number of nitrogens with zero attached hydrogens (tertiary/aromatic N) is 3. The number of nitrogens with two attached hydrogens (primary N) is 1. The first kappa shape index (κ1) is 26.1. The number of aromatic nitrogens is 1. The number of carbonyl (C=O) groups excluding carboxylic acids is 1. The van der Waals surface area contributed by atoms with E-state index in [1.165, 1.54) is 13.8 Å². The van der Waals surface area contributed by atoms with Gasteiger partial charge in [0.25, 0.3) is 5.91 Å². The molecule has 0 saturated carbocycles. The van der Waals surface area contributed by atoms with Gasteiger partial charge in [0.1, 0.15) is 0 Å². The summed E-state index contributed by atoms with van der Waals surface area (Å²) in [5, 5.41) is 35.1. The van der Waals surface area contributed by atoms with Gasteiger partial charge in [-0.25, -0.2) is 14.3 Å². The molecule has 2 rings (SSSR count). The van der Waals surface area contributed by atoms with Crippen molar-refractivity contribution >= 4 is 27.2 Å². The predicted molar refractivity (Wildman–Crippen MR) is 124 cm³/mol. The topological polar surface area (TPSA) is 150 Å². The molecule has 1 unspecified atom stereocenters. The molecule has 0 bridgehead atoms. The second-order valence-electron chi connectivity index (χ2n) is 8.76. The van der Waals surface area contributed by atoms with E-state index in [2.05, 4.69) is 15.4 Å². The highest BCUT2D eigenvalue weighted by atomic mass is 32.2. The van der Waals surface area contributed by atoms with E-state index in [4.69, 9.17) is 5.14 Å². The third-order valence-corrected chi connectivity index (χ3v) is 8.13. The summed E-state index contributed by atoms with van der Waals surface area (Å²) in [6.45, 7) is 10.4. The standard InChI is InChI=1S/C22H30N4O4S2/c1-12(2)15-7-14(10-23)8-16(13(3)4)17(15)9-19(28)26-32(24,30)21-25-18(11-27)20(31-21)22(5,6)29/h7-8,12-13,27,29H,9,11H2,1-6H3,(H2,24,26,28,30). The van der Waals surface area contributed by atoms with Crippen molar-refractivity contribution < 1.29 is 19.2 Å². The lowest BCUT2D eigenvalue weighted by Gasteiger charge is -2.19. The van der Waals surface area contributed by atoms with Crippen LogP contribution in [0.5, 0.6) is 0 Å². The van der Waals surface area contributed by atoms with E-state index in [0.29, 0.717) is 10.4 Å². The Morgan fingerprint density at radius 2 is 1.81 bits per heavy atom. The molecule has 174 valence electrons. The minimum atomic E-state index is -3.67. The van der Waals surface area contributed by atoms with E-state index in [1.54, 1.807) is 12.1 Å². The van der Waals surface area contributed by atoms with Gasteiger partial charge in [-0.05, 0) is 54.5 Å². The highest BCUT2D eigenvalue weighted by molar-refractivity contribution is 7.93. The molecular formula is C22H30N4O4S2. The second-order valence-corrected chi connectivity index (χ2v) is 11.7. The SMILES string of the molecule is CC(C)c1cc(C#N)cc(C(C)C)c1CC(=O)N=S(N)(=O)c1nc(CO)c(C(C)(C)O)s1. The van der Waals surface area contributed by atoms with Crippen LogP contribution < -0.4 is 5.14 Å². The molecule has 0 aliphatic heterocycles. The van der Waals surface area contributed by atoms with Crippen LogP contribution in [0.1, 0.15) is 86.2 Å². The first-order chi connectivity index (χ1) is 14.7. The van der Waals surface area contributed by atoms with Gasteiger partial charge in [0.05, 0.1) is 40.8 Å². The van der Waals surface area contributed by atoms with E-state index in [9.17, 15) is 24.5 Å². The lowest BCUT2D eigenvalue weighted by atomic mass is 9.85. The van der Waals surface area contributed by atoms with Crippen molar-refractivity contribution in [3.8, 4) is 6.07 Å². The summed E-state index contributed by atoms with van der Waals surface area (Å²) in [4.78, 5) is 17.2. The lowest BCUT2D eigenvalue weighted by Crippen LogP contribution is -2.17. The zero-order valence-corrected chi connectivity index (χ0v) is 20.8.